The molecule has 7 unspecified atom stereocenters. The third-order valence-corrected chi connectivity index (χ3v) is 11.7. The number of hydrogen-bond acceptors (Lipinski definition) is 17. The van der Waals surface area contributed by atoms with E-state index in [2.05, 4.69) is 63.4 Å². The summed E-state index contributed by atoms with van der Waals surface area (Å²) in [6.45, 7) is 3.00. The number of nitrogens with zero attached hydrogens (tertiary/aromatic N) is 2. The summed E-state index contributed by atoms with van der Waals surface area (Å²) in [5.41, 5.74) is 28.9. The van der Waals surface area contributed by atoms with Crippen molar-refractivity contribution in [1.29, 1.82) is 10.8 Å². The monoisotopic (exact) mass is 1100 g/mol. The number of carbonyl (C=O) groups excluding carboxylic acids is 8. The Hall–Kier alpha value is -7.96. The van der Waals surface area contributed by atoms with Crippen molar-refractivity contribution < 1.29 is 48.3 Å². The minimum absolute atomic E-state index is 0.0410. The van der Waals surface area contributed by atoms with E-state index in [0.29, 0.717) is 35.7 Å². The van der Waals surface area contributed by atoms with Gasteiger partial charge in [-0.25, -0.2) is 0 Å². The average molecular weight is 1100 g/mol. The van der Waals surface area contributed by atoms with Crippen LogP contribution in [0.15, 0.2) is 64.8 Å². The van der Waals surface area contributed by atoms with Gasteiger partial charge in [-0.3, -0.25) is 59.3 Å². The lowest BCUT2D eigenvalue weighted by molar-refractivity contribution is -0.141. The summed E-state index contributed by atoms with van der Waals surface area (Å²) in [7, 11) is 0. The van der Waals surface area contributed by atoms with Crippen LogP contribution in [0.1, 0.15) is 70.8 Å². The van der Waals surface area contributed by atoms with E-state index in [-0.39, 0.29) is 70.0 Å². The summed E-state index contributed by atoms with van der Waals surface area (Å²) in [6.07, 6.45) is 0.691. The molecular formula is C47H75N19O10S. The van der Waals surface area contributed by atoms with E-state index < -0.39 is 108 Å². The van der Waals surface area contributed by atoms with Gasteiger partial charge >= 0.3 is 5.97 Å². The molecule has 23 N–H and O–H groups in total. The van der Waals surface area contributed by atoms with Gasteiger partial charge in [-0.15, -0.1) is 0 Å². The molecule has 0 heterocycles. The second-order valence-corrected chi connectivity index (χ2v) is 18.6. The molecule has 2 rings (SSSR count). The van der Waals surface area contributed by atoms with Crippen molar-refractivity contribution in [3.8, 4) is 0 Å². The van der Waals surface area contributed by atoms with Crippen LogP contribution < -0.4 is 81.8 Å². The molecule has 0 saturated carbocycles. The highest BCUT2D eigenvalue weighted by Crippen LogP contribution is 2.19. The molecule has 2 aromatic rings. The van der Waals surface area contributed by atoms with Crippen molar-refractivity contribution >= 4 is 88.3 Å². The van der Waals surface area contributed by atoms with Gasteiger partial charge in [-0.1, -0.05) is 30.3 Å². The number of carboxylic acids is 1. The second-order valence-electron chi connectivity index (χ2n) is 17.6. The zero-order chi connectivity index (χ0) is 57.5. The van der Waals surface area contributed by atoms with E-state index in [0.717, 1.165) is 0 Å². The number of benzene rings is 2. The zero-order valence-corrected chi connectivity index (χ0v) is 44.1. The Labute approximate surface area is 450 Å². The summed E-state index contributed by atoms with van der Waals surface area (Å²) in [4.78, 5) is 120. The van der Waals surface area contributed by atoms with Crippen LogP contribution in [0.3, 0.4) is 0 Å². The van der Waals surface area contributed by atoms with Gasteiger partial charge in [0.2, 0.25) is 47.3 Å². The first-order valence-electron chi connectivity index (χ1n) is 24.5. The molecule has 30 heteroatoms. The number of guanidine groups is 2. The van der Waals surface area contributed by atoms with E-state index >= 15 is 0 Å². The second kappa shape index (κ2) is 35.3. The van der Waals surface area contributed by atoms with Gasteiger partial charge in [0, 0.05) is 26.4 Å². The van der Waals surface area contributed by atoms with Gasteiger partial charge in [0.05, 0.1) is 17.8 Å². The minimum Gasteiger partial charge on any atom is -0.481 e. The summed E-state index contributed by atoms with van der Waals surface area (Å²) in [5, 5.41) is 58.7. The molecule has 8 amide bonds. The Balaban J connectivity index is 2.39. The molecule has 0 aliphatic rings. The number of rotatable bonds is 36. The van der Waals surface area contributed by atoms with E-state index in [1.165, 1.54) is 25.6 Å². The van der Waals surface area contributed by atoms with Crippen LogP contribution in [0.2, 0.25) is 0 Å². The van der Waals surface area contributed by atoms with Gasteiger partial charge < -0.3 is 81.6 Å². The van der Waals surface area contributed by atoms with Crippen molar-refractivity contribution in [3.63, 3.8) is 0 Å². The largest absolute Gasteiger partial charge is 0.481 e. The molecule has 0 aromatic heterocycles. The fraction of sp³-hybridized carbons (Fsp3) is 0.511. The average Bonchev–Trinajstić information content (AvgIpc) is 3.36. The molecule has 0 saturated heterocycles. The third kappa shape index (κ3) is 27.4. The lowest BCUT2D eigenvalue weighted by atomic mass is 10.0. The first-order valence-corrected chi connectivity index (χ1v) is 25.9. The van der Waals surface area contributed by atoms with Crippen molar-refractivity contribution in [2.24, 2.45) is 38.9 Å². The predicted molar refractivity (Wildman–Crippen MR) is 288 cm³/mol. The first kappa shape index (κ1) is 65.2. The van der Waals surface area contributed by atoms with Crippen LogP contribution >= 0.6 is 11.8 Å². The van der Waals surface area contributed by atoms with E-state index in [9.17, 15) is 48.3 Å². The third-order valence-electron chi connectivity index (χ3n) is 11.1. The fourth-order valence-corrected chi connectivity index (χ4v) is 7.58. The van der Waals surface area contributed by atoms with Gasteiger partial charge in [0.15, 0.2) is 11.9 Å². The summed E-state index contributed by atoms with van der Waals surface area (Å²) in [6, 6.07) is 5.66. The van der Waals surface area contributed by atoms with Crippen LogP contribution in [-0.4, -0.2) is 150 Å². The standard InChI is InChI=1S/C47H75N19O10S/c1-26(39(71)61-33(14-9-22-57-47(53)54)41(73)62-34(19-23-77-3)42(74)60-31(38(48)70)12-7-20-55-45(49)50)58-43(75)36(25-37(68)69)64-44(76)35(63-40(72)32(59-27(2)67)13-8-21-56-46(51)52)24-28-15-17-30(18-16-28)66-65-29-10-5-4-6-11-29/h4-6,10-11,15-18,26,31-36,45,55H,7-9,12-14,19-25,49-50H2,1-3H3,(H2,48,70)(H,58,75)(H,59,67)(H,60,74)(H,61,71)(H,62,73)(H,63,72)(H,64,76)(H,68,69)(H4,51,52,56)(H4,53,54,57)/b66-65+. The molecule has 0 fully saturated rings. The number of hydrogen-bond donors (Lipinski definition) is 18. The number of nitrogens with one attached hydrogen (secondary N) is 12. The smallest absolute Gasteiger partial charge is 0.305 e. The normalized spacial score (nSPS) is 13.7. The Kier molecular flexibility index (Phi) is 29.9. The maximum absolute atomic E-state index is 14.2. The van der Waals surface area contributed by atoms with Crippen LogP contribution in [0, 0.1) is 10.8 Å². The first-order chi connectivity index (χ1) is 36.5. The van der Waals surface area contributed by atoms with E-state index in [1.54, 1.807) is 54.8 Å². The molecule has 7 atom stereocenters. The summed E-state index contributed by atoms with van der Waals surface area (Å²) < 4.78 is 0. The Morgan fingerprint density at radius 3 is 1.52 bits per heavy atom. The molecule has 29 nitrogen and oxygen atoms in total. The Morgan fingerprint density at radius 2 is 1.01 bits per heavy atom. The molecule has 2 aromatic carbocycles. The maximum Gasteiger partial charge on any atom is 0.305 e. The van der Waals surface area contributed by atoms with E-state index in [1.807, 2.05) is 6.07 Å². The summed E-state index contributed by atoms with van der Waals surface area (Å²) in [5.74, 6) is -8.67. The lowest BCUT2D eigenvalue weighted by Crippen LogP contribution is -2.60. The quantitative estimate of drug-likeness (QED) is 0.0106. The van der Waals surface area contributed by atoms with Crippen molar-refractivity contribution in [3.05, 3.63) is 60.2 Å². The van der Waals surface area contributed by atoms with Crippen LogP contribution in [0.5, 0.6) is 0 Å². The molecule has 0 radical (unpaired) electrons. The number of aliphatic carboxylic acids is 1. The minimum atomic E-state index is -1.84. The van der Waals surface area contributed by atoms with Crippen LogP contribution in [0.25, 0.3) is 0 Å². The van der Waals surface area contributed by atoms with Gasteiger partial charge in [0.1, 0.15) is 48.6 Å². The number of amides is 8. The molecule has 0 aliphatic carbocycles. The van der Waals surface area contributed by atoms with Gasteiger partial charge in [-0.2, -0.15) is 22.0 Å². The van der Waals surface area contributed by atoms with Crippen molar-refractivity contribution in [2.45, 2.75) is 120 Å². The van der Waals surface area contributed by atoms with Gasteiger partial charge in [0.25, 0.3) is 0 Å². The topological polar surface area (TPSA) is 497 Å². The molecular weight excluding hydrogens is 1020 g/mol. The highest BCUT2D eigenvalue weighted by Gasteiger charge is 2.34. The molecule has 0 aliphatic heterocycles. The summed E-state index contributed by atoms with van der Waals surface area (Å²) >= 11 is 1.37. The number of thioether (sulfide) groups is 1. The van der Waals surface area contributed by atoms with E-state index in [4.69, 9.17) is 39.5 Å². The number of nitrogens with two attached hydrogens (primary N) is 5. The highest BCUT2D eigenvalue weighted by molar-refractivity contribution is 7.98. The SMILES string of the molecule is CSCCC(NC(=O)C(CCCNC(=N)N)NC(=O)C(C)NC(=O)C(CC(=O)O)NC(=O)C(Cc1ccc(/N=N/c2ccccc2)cc1)NC(=O)C(CCCNC(=N)N)NC(C)=O)C(=O)NC(CCCNC(N)N)C(N)=O. The van der Waals surface area contributed by atoms with Crippen LogP contribution in [-0.2, 0) is 49.6 Å². The number of azo groups is 1. The number of primary amides is 1. The number of carbonyl (C=O) groups is 9. The predicted octanol–water partition coefficient (Wildman–Crippen LogP) is -3.11. The maximum atomic E-state index is 14.2. The van der Waals surface area contributed by atoms with Crippen molar-refractivity contribution in [2.75, 3.05) is 31.6 Å². The van der Waals surface area contributed by atoms with Crippen LogP contribution in [0.4, 0.5) is 11.4 Å². The van der Waals surface area contributed by atoms with Crippen molar-refractivity contribution in [1.82, 2.24) is 53.2 Å². The molecule has 424 valence electrons. The molecule has 0 bridgehead atoms. The zero-order valence-electron chi connectivity index (χ0n) is 43.3. The molecule has 0 spiro atoms. The lowest BCUT2D eigenvalue weighted by Gasteiger charge is -2.27. The van der Waals surface area contributed by atoms with Gasteiger partial charge in [-0.05, 0) is 100 Å². The molecule has 77 heavy (non-hydrogen) atoms. The Morgan fingerprint density at radius 1 is 0.571 bits per heavy atom. The Bertz CT molecular complexity index is 2330. The highest BCUT2D eigenvalue weighted by atomic mass is 32.2. The fourth-order valence-electron chi connectivity index (χ4n) is 7.11. The number of carboxylic acid groups (broad SMARTS) is 1.